The van der Waals surface area contributed by atoms with Gasteiger partial charge in [0.05, 0.1) is 13.2 Å². The molecular weight excluding hydrogens is 475 g/mol. The molecule has 0 radical (unpaired) electrons. The van der Waals surface area contributed by atoms with Crippen molar-refractivity contribution in [1.82, 2.24) is 0 Å². The van der Waals surface area contributed by atoms with Crippen molar-refractivity contribution < 1.29 is 33.7 Å². The number of methoxy groups -OCH3 is 1. The maximum atomic E-state index is 13.8. The highest BCUT2D eigenvalue weighted by Gasteiger charge is 2.22. The number of carbonyl (C=O) groups excluding carboxylic acids is 1. The highest BCUT2D eigenvalue weighted by Crippen LogP contribution is 2.45. The average molecular weight is 507 g/mol. The number of Topliss-reactive ketones (excluding diaryl/α,β-unsaturated/α-hetero) is 1. The van der Waals surface area contributed by atoms with Gasteiger partial charge in [0.1, 0.15) is 24.6 Å². The number of aliphatic hydroxyl groups excluding tert-OH is 1. The van der Waals surface area contributed by atoms with Gasteiger partial charge >= 0.3 is 5.97 Å². The van der Waals surface area contributed by atoms with Gasteiger partial charge in [0, 0.05) is 12.0 Å². The molecule has 0 aliphatic heterocycles. The Bertz CT molecular complexity index is 1250. The summed E-state index contributed by atoms with van der Waals surface area (Å²) in [5.74, 6) is -1.19. The molecule has 3 aromatic carbocycles. The number of ketones is 1. The summed E-state index contributed by atoms with van der Waals surface area (Å²) < 4.78 is 25.8. The summed E-state index contributed by atoms with van der Waals surface area (Å²) in [6.07, 6.45) is 1.01. The minimum atomic E-state index is -1.24. The predicted octanol–water partition coefficient (Wildman–Crippen LogP) is 6.01. The number of hydrogen-bond acceptors (Lipinski definition) is 5. The number of benzene rings is 3. The normalized spacial score (nSPS) is 12.1. The van der Waals surface area contributed by atoms with E-state index in [0.29, 0.717) is 22.6 Å². The Balaban J connectivity index is 2.14. The minimum absolute atomic E-state index is 0.0432. The summed E-state index contributed by atoms with van der Waals surface area (Å²) in [5, 5.41) is 19.3. The maximum absolute atomic E-state index is 13.8. The van der Waals surface area contributed by atoms with Gasteiger partial charge in [-0.1, -0.05) is 68.5 Å². The van der Waals surface area contributed by atoms with Gasteiger partial charge in [-0.15, -0.1) is 0 Å². The van der Waals surface area contributed by atoms with Crippen LogP contribution in [0.15, 0.2) is 66.7 Å². The number of aliphatic hydroxyl groups is 1. The molecule has 6 nitrogen and oxygen atoms in total. The highest BCUT2D eigenvalue weighted by atomic mass is 19.1. The molecule has 0 heterocycles. The smallest absolute Gasteiger partial charge is 0.310 e. The van der Waals surface area contributed by atoms with E-state index in [1.165, 1.54) is 18.2 Å². The van der Waals surface area contributed by atoms with E-state index in [1.54, 1.807) is 25.3 Å². The average Bonchev–Trinajstić information content (AvgIpc) is 2.86. The summed E-state index contributed by atoms with van der Waals surface area (Å²) >= 11 is 0. The number of hydrogen-bond donors (Lipinski definition) is 2. The lowest BCUT2D eigenvalue weighted by molar-refractivity contribution is -0.140. The third-order valence-corrected chi connectivity index (χ3v) is 5.79. The monoisotopic (exact) mass is 506 g/mol. The molecule has 0 amide bonds. The van der Waals surface area contributed by atoms with E-state index in [2.05, 4.69) is 0 Å². The van der Waals surface area contributed by atoms with Crippen LogP contribution >= 0.6 is 0 Å². The number of carbonyl (C=O) groups is 2. The first-order chi connectivity index (χ1) is 17.7. The molecule has 3 rings (SSSR count). The highest BCUT2D eigenvalue weighted by molar-refractivity contribution is 5.95. The largest absolute Gasteiger partial charge is 0.493 e. The van der Waals surface area contributed by atoms with Crippen LogP contribution in [0.5, 0.6) is 11.5 Å². The van der Waals surface area contributed by atoms with E-state index < -0.39 is 24.3 Å². The van der Waals surface area contributed by atoms with Gasteiger partial charge in [0.25, 0.3) is 0 Å². The van der Waals surface area contributed by atoms with Crippen LogP contribution in [0, 0.1) is 5.82 Å². The summed E-state index contributed by atoms with van der Waals surface area (Å²) in [5.41, 5.74) is 3.89. The van der Waals surface area contributed by atoms with Crippen molar-refractivity contribution in [2.24, 2.45) is 0 Å². The molecule has 0 spiro atoms. The van der Waals surface area contributed by atoms with Crippen molar-refractivity contribution in [3.8, 4) is 22.6 Å². The first-order valence-corrected chi connectivity index (χ1v) is 12.0. The quantitative estimate of drug-likeness (QED) is 0.292. The number of ether oxygens (including phenoxy) is 2. The lowest BCUT2D eigenvalue weighted by Crippen LogP contribution is -2.14. The zero-order valence-corrected chi connectivity index (χ0v) is 21.1. The van der Waals surface area contributed by atoms with Crippen molar-refractivity contribution >= 4 is 17.8 Å². The second-order valence-corrected chi connectivity index (χ2v) is 8.96. The first kappa shape index (κ1) is 27.6. The van der Waals surface area contributed by atoms with Crippen LogP contribution in [0.4, 0.5) is 4.39 Å². The van der Waals surface area contributed by atoms with Gasteiger partial charge in [-0.25, -0.2) is 4.39 Å². The molecule has 2 N–H and O–H groups in total. The predicted molar refractivity (Wildman–Crippen MR) is 140 cm³/mol. The zero-order valence-electron chi connectivity index (χ0n) is 21.1. The zero-order chi connectivity index (χ0) is 26.9. The van der Waals surface area contributed by atoms with Gasteiger partial charge in [0.15, 0.2) is 11.5 Å². The Labute approximate surface area is 216 Å². The van der Waals surface area contributed by atoms with Crippen LogP contribution in [0.25, 0.3) is 17.2 Å². The molecule has 0 aliphatic carbocycles. The fraction of sp³-hybridized carbons (Fsp3) is 0.267. The van der Waals surface area contributed by atoms with Gasteiger partial charge in [0.2, 0.25) is 0 Å². The van der Waals surface area contributed by atoms with Crippen molar-refractivity contribution in [1.29, 1.82) is 0 Å². The second-order valence-electron chi connectivity index (χ2n) is 8.96. The molecule has 7 heteroatoms. The van der Waals surface area contributed by atoms with E-state index in [-0.39, 0.29) is 24.8 Å². The molecule has 0 aliphatic rings. The van der Waals surface area contributed by atoms with Crippen LogP contribution in [-0.4, -0.2) is 35.2 Å². The van der Waals surface area contributed by atoms with Gasteiger partial charge in [-0.3, -0.25) is 9.59 Å². The molecule has 194 valence electrons. The van der Waals surface area contributed by atoms with E-state index in [9.17, 15) is 19.1 Å². The van der Waals surface area contributed by atoms with Crippen LogP contribution in [-0.2, 0) is 16.2 Å². The number of halogens is 1. The molecule has 3 aromatic rings. The van der Waals surface area contributed by atoms with Gasteiger partial charge in [-0.05, 0) is 46.4 Å². The minimum Gasteiger partial charge on any atom is -0.493 e. The Morgan fingerprint density at radius 2 is 1.73 bits per heavy atom. The van der Waals surface area contributed by atoms with Crippen molar-refractivity contribution in [3.05, 3.63) is 89.2 Å². The number of carboxylic acids is 1. The summed E-state index contributed by atoms with van der Waals surface area (Å²) in [6.45, 7) is 4.29. The Morgan fingerprint density at radius 1 is 1.05 bits per heavy atom. The van der Waals surface area contributed by atoms with E-state index in [1.807, 2.05) is 50.2 Å². The van der Waals surface area contributed by atoms with E-state index in [4.69, 9.17) is 14.6 Å². The summed E-state index contributed by atoms with van der Waals surface area (Å²) in [6, 6.07) is 17.5. The van der Waals surface area contributed by atoms with E-state index >= 15 is 0 Å². The lowest BCUT2D eigenvalue weighted by Gasteiger charge is -2.23. The SMILES string of the molecule is COc1cc(C(C)C)c(/C=C/C(O)CC(=O)CC(=O)O)c(-c2ccc(F)cc2)c1OCc1ccccc1. The van der Waals surface area contributed by atoms with Crippen LogP contribution in [0.3, 0.4) is 0 Å². The maximum Gasteiger partial charge on any atom is 0.310 e. The van der Waals surface area contributed by atoms with E-state index in [0.717, 1.165) is 16.7 Å². The van der Waals surface area contributed by atoms with Gasteiger partial charge < -0.3 is 19.7 Å². The van der Waals surface area contributed by atoms with Crippen molar-refractivity contribution in [3.63, 3.8) is 0 Å². The Kier molecular flexibility index (Phi) is 9.57. The molecule has 0 bridgehead atoms. The molecule has 0 aromatic heterocycles. The molecule has 1 unspecified atom stereocenters. The number of carboxylic acid groups (broad SMARTS) is 1. The van der Waals surface area contributed by atoms with Crippen LogP contribution in [0.2, 0.25) is 0 Å². The van der Waals surface area contributed by atoms with Crippen LogP contribution < -0.4 is 9.47 Å². The second kappa shape index (κ2) is 12.8. The van der Waals surface area contributed by atoms with Gasteiger partial charge in [-0.2, -0.15) is 0 Å². The third-order valence-electron chi connectivity index (χ3n) is 5.79. The summed E-state index contributed by atoms with van der Waals surface area (Å²) in [4.78, 5) is 22.7. The topological polar surface area (TPSA) is 93.1 Å². The molecule has 37 heavy (non-hydrogen) atoms. The fourth-order valence-electron chi connectivity index (χ4n) is 4.01. The summed E-state index contributed by atoms with van der Waals surface area (Å²) in [7, 11) is 1.55. The molecular formula is C30H31FO6. The van der Waals surface area contributed by atoms with Crippen molar-refractivity contribution in [2.45, 2.75) is 45.3 Å². The van der Waals surface area contributed by atoms with Crippen LogP contribution in [0.1, 0.15) is 49.3 Å². The first-order valence-electron chi connectivity index (χ1n) is 12.0. The number of aliphatic carboxylic acids is 1. The molecule has 1 atom stereocenters. The lowest BCUT2D eigenvalue weighted by atomic mass is 9.88. The number of rotatable bonds is 12. The third kappa shape index (κ3) is 7.51. The molecule has 0 fully saturated rings. The molecule has 0 saturated carbocycles. The Morgan fingerprint density at radius 3 is 2.32 bits per heavy atom. The van der Waals surface area contributed by atoms with Crippen molar-refractivity contribution in [2.75, 3.05) is 7.11 Å². The Hall–Kier alpha value is -3.97. The standard InChI is InChI=1S/C30H31FO6/c1-19(2)26-17-27(36-3)30(37-18-20-7-5-4-6-8-20)29(21-9-11-22(31)12-10-21)25(26)14-13-23(32)15-24(33)16-28(34)35/h4-14,17,19,23,32H,15-16,18H2,1-3H3,(H,34,35)/b14-13+. The molecule has 0 saturated heterocycles. The fourth-order valence-corrected chi connectivity index (χ4v) is 4.01.